The summed E-state index contributed by atoms with van der Waals surface area (Å²) in [5, 5.41) is 8.20. The molecule has 346 valence electrons. The summed E-state index contributed by atoms with van der Waals surface area (Å²) < 4.78 is 0. The highest BCUT2D eigenvalue weighted by molar-refractivity contribution is 7.02. The monoisotopic (exact) mass is 940 g/mol. The number of hydrogen-bond donors (Lipinski definition) is 0. The standard InChI is InChI=1S/C70H50B2N2/c1-41(2)45-33-55-51-37-49(43-21-9-5-10-22-43)53-40-60-66-52(56-34-46(42(3)4)36-64-70(56)72(60)58-30-18-20-32-62(58)74(64)48-27-15-8-16-28-48)38-50(44-23-11-6-12-24-44)54-39-59(65(51)67(53)68(54)66)71-57-29-17-19-31-61(57)73(63(35-45)69(55)71)47-25-13-7-14-26-47/h5-42H,1-4H3. The summed E-state index contributed by atoms with van der Waals surface area (Å²) in [5.41, 5.74) is 28.8. The van der Waals surface area contributed by atoms with Crippen molar-refractivity contribution in [1.29, 1.82) is 0 Å². The van der Waals surface area contributed by atoms with Gasteiger partial charge in [-0.2, -0.15) is 0 Å². The predicted octanol–water partition coefficient (Wildman–Crippen LogP) is 14.7. The zero-order chi connectivity index (χ0) is 49.1. The Bertz CT molecular complexity index is 4040. The van der Waals surface area contributed by atoms with Gasteiger partial charge in [0.1, 0.15) is 0 Å². The van der Waals surface area contributed by atoms with Crippen molar-refractivity contribution in [3.8, 4) is 44.5 Å². The van der Waals surface area contributed by atoms with Gasteiger partial charge in [-0.3, -0.25) is 0 Å². The lowest BCUT2D eigenvalue weighted by Crippen LogP contribution is -2.60. The second kappa shape index (κ2) is 15.5. The third-order valence-corrected chi connectivity index (χ3v) is 17.3. The molecule has 2 nitrogen and oxygen atoms in total. The van der Waals surface area contributed by atoms with E-state index in [1.807, 2.05) is 0 Å². The molecule has 0 saturated heterocycles. The Balaban J connectivity index is 1.13. The quantitative estimate of drug-likeness (QED) is 0.121. The average Bonchev–Trinajstić information content (AvgIpc) is 3.57. The molecule has 0 bridgehead atoms. The molecule has 0 atom stereocenters. The van der Waals surface area contributed by atoms with Gasteiger partial charge in [-0.1, -0.05) is 196 Å². The highest BCUT2D eigenvalue weighted by Crippen LogP contribution is 2.53. The van der Waals surface area contributed by atoms with Crippen molar-refractivity contribution in [2.75, 3.05) is 9.80 Å². The van der Waals surface area contributed by atoms with Crippen molar-refractivity contribution < 1.29 is 0 Å². The second-order valence-corrected chi connectivity index (χ2v) is 21.8. The van der Waals surface area contributed by atoms with Crippen LogP contribution in [0.15, 0.2) is 218 Å². The van der Waals surface area contributed by atoms with Gasteiger partial charge in [0.25, 0.3) is 0 Å². The number of nitrogens with zero attached hydrogens (tertiary/aromatic N) is 2. The van der Waals surface area contributed by atoms with Gasteiger partial charge in [0, 0.05) is 34.1 Å². The molecule has 4 heterocycles. The smallest absolute Gasteiger partial charge is 0.248 e. The van der Waals surface area contributed by atoms with Crippen molar-refractivity contribution >= 4 is 113 Å². The van der Waals surface area contributed by atoms with Crippen molar-refractivity contribution in [3.05, 3.63) is 230 Å². The fourth-order valence-electron chi connectivity index (χ4n) is 14.1. The first-order valence-electron chi connectivity index (χ1n) is 26.6. The number of para-hydroxylation sites is 4. The molecule has 0 amide bonds. The molecule has 74 heavy (non-hydrogen) atoms. The molecule has 0 saturated carbocycles. The van der Waals surface area contributed by atoms with E-state index in [9.17, 15) is 0 Å². The lowest BCUT2D eigenvalue weighted by Gasteiger charge is -2.43. The molecule has 0 unspecified atom stereocenters. The summed E-state index contributed by atoms with van der Waals surface area (Å²) in [6, 6.07) is 83.8. The molecule has 4 aliphatic heterocycles. The molecule has 4 heteroatoms. The van der Waals surface area contributed by atoms with Crippen LogP contribution < -0.4 is 42.6 Å². The number of anilines is 6. The van der Waals surface area contributed by atoms with Gasteiger partial charge in [-0.15, -0.1) is 0 Å². The van der Waals surface area contributed by atoms with Crippen LogP contribution in [0.25, 0.3) is 76.8 Å². The molecule has 16 rings (SSSR count). The molecule has 0 aromatic heterocycles. The van der Waals surface area contributed by atoms with E-state index in [1.54, 1.807) is 0 Å². The largest absolute Gasteiger partial charge is 0.311 e. The van der Waals surface area contributed by atoms with Gasteiger partial charge >= 0.3 is 0 Å². The molecule has 0 N–H and O–H groups in total. The van der Waals surface area contributed by atoms with Crippen molar-refractivity contribution in [2.45, 2.75) is 39.5 Å². The Morgan fingerprint density at radius 1 is 0.297 bits per heavy atom. The fourth-order valence-corrected chi connectivity index (χ4v) is 14.1. The van der Waals surface area contributed by atoms with E-state index >= 15 is 0 Å². The summed E-state index contributed by atoms with van der Waals surface area (Å²) in [5.74, 6) is 0.653. The topological polar surface area (TPSA) is 6.48 Å². The van der Waals surface area contributed by atoms with E-state index in [0.717, 1.165) is 0 Å². The van der Waals surface area contributed by atoms with Crippen molar-refractivity contribution in [3.63, 3.8) is 0 Å². The van der Waals surface area contributed by atoms with Gasteiger partial charge < -0.3 is 9.80 Å². The SMILES string of the molecule is CC(C)c1cc2c3c(c1)N(c1ccccc1)c1ccccc1B3c1cc3c(-c4ccccc4)cc4c5c(cc6c(-c7ccccc7)cc-2c1c6c35)B1c2ccccc2N(c2ccccc2)c2cc(C(C)C)cc-4c21. The van der Waals surface area contributed by atoms with Crippen molar-refractivity contribution in [1.82, 2.24) is 0 Å². The number of rotatable bonds is 6. The van der Waals surface area contributed by atoms with E-state index in [2.05, 4.69) is 256 Å². The molecule has 0 radical (unpaired) electrons. The van der Waals surface area contributed by atoms with Gasteiger partial charge in [-0.25, -0.2) is 0 Å². The van der Waals surface area contributed by atoms with E-state index in [-0.39, 0.29) is 13.4 Å². The Hall–Kier alpha value is -8.59. The summed E-state index contributed by atoms with van der Waals surface area (Å²) >= 11 is 0. The maximum atomic E-state index is 2.67. The van der Waals surface area contributed by atoms with Crippen LogP contribution in [0.3, 0.4) is 0 Å². The third kappa shape index (κ3) is 5.63. The molecule has 0 fully saturated rings. The number of benzene rings is 12. The van der Waals surface area contributed by atoms with Gasteiger partial charge in [0.15, 0.2) is 0 Å². The Morgan fingerprint density at radius 3 is 1.05 bits per heavy atom. The van der Waals surface area contributed by atoms with Crippen LogP contribution in [-0.4, -0.2) is 13.4 Å². The van der Waals surface area contributed by atoms with Crippen LogP contribution in [0, 0.1) is 0 Å². The minimum atomic E-state index is 0.0146. The highest BCUT2D eigenvalue weighted by Gasteiger charge is 2.46. The Morgan fingerprint density at radius 2 is 0.662 bits per heavy atom. The Labute approximate surface area is 433 Å². The third-order valence-electron chi connectivity index (χ3n) is 17.3. The summed E-state index contributed by atoms with van der Waals surface area (Å²) in [6.07, 6.45) is 0. The van der Waals surface area contributed by atoms with E-state index in [1.165, 1.54) is 155 Å². The predicted molar refractivity (Wildman–Crippen MR) is 319 cm³/mol. The molecular formula is C70H50B2N2. The zero-order valence-corrected chi connectivity index (χ0v) is 42.0. The van der Waals surface area contributed by atoms with Crippen LogP contribution in [0.1, 0.15) is 50.7 Å². The van der Waals surface area contributed by atoms with Crippen LogP contribution in [0.2, 0.25) is 0 Å². The minimum Gasteiger partial charge on any atom is -0.311 e. The normalized spacial score (nSPS) is 13.5. The van der Waals surface area contributed by atoms with Gasteiger partial charge in [0.2, 0.25) is 13.4 Å². The van der Waals surface area contributed by atoms with Crippen LogP contribution >= 0.6 is 0 Å². The highest BCUT2D eigenvalue weighted by atomic mass is 15.2. The minimum absolute atomic E-state index is 0.0146. The summed E-state index contributed by atoms with van der Waals surface area (Å²) in [7, 11) is 0. The van der Waals surface area contributed by atoms with Crippen LogP contribution in [0.4, 0.5) is 34.1 Å². The van der Waals surface area contributed by atoms with E-state index < -0.39 is 0 Å². The van der Waals surface area contributed by atoms with E-state index in [0.29, 0.717) is 11.8 Å². The molecule has 12 aromatic rings. The average molecular weight is 941 g/mol. The van der Waals surface area contributed by atoms with Crippen molar-refractivity contribution in [2.24, 2.45) is 0 Å². The van der Waals surface area contributed by atoms with Crippen LogP contribution in [-0.2, 0) is 0 Å². The zero-order valence-electron chi connectivity index (χ0n) is 42.0. The lowest BCUT2D eigenvalue weighted by atomic mass is 9.31. The second-order valence-electron chi connectivity index (χ2n) is 21.8. The van der Waals surface area contributed by atoms with Gasteiger partial charge in [-0.05, 0) is 182 Å². The first kappa shape index (κ1) is 42.0. The first-order chi connectivity index (χ1) is 36.4. The maximum Gasteiger partial charge on any atom is 0.248 e. The van der Waals surface area contributed by atoms with E-state index in [4.69, 9.17) is 0 Å². The molecular weight excluding hydrogens is 890 g/mol. The number of hydrogen-bond acceptors (Lipinski definition) is 2. The summed E-state index contributed by atoms with van der Waals surface area (Å²) in [6.45, 7) is 9.44. The van der Waals surface area contributed by atoms with Gasteiger partial charge in [0.05, 0.1) is 0 Å². The molecule has 4 aliphatic rings. The first-order valence-corrected chi connectivity index (χ1v) is 26.6. The molecule has 12 aromatic carbocycles. The Kier molecular flexibility index (Phi) is 8.77. The fraction of sp³-hybridized carbons (Fsp3) is 0.0857. The molecule has 0 spiro atoms. The lowest BCUT2D eigenvalue weighted by molar-refractivity contribution is 0.867. The summed E-state index contributed by atoms with van der Waals surface area (Å²) in [4.78, 5) is 5.10. The maximum absolute atomic E-state index is 2.67. The van der Waals surface area contributed by atoms with Crippen LogP contribution in [0.5, 0.6) is 0 Å². The number of fused-ring (bicyclic) bond motifs is 8. The molecule has 0 aliphatic carbocycles.